The van der Waals surface area contributed by atoms with E-state index < -0.39 is 0 Å². The maximum absolute atomic E-state index is 5.28. The summed E-state index contributed by atoms with van der Waals surface area (Å²) in [7, 11) is 1.82. The Morgan fingerprint density at radius 3 is 2.45 bits per heavy atom. The Hall–Kier alpha value is -0.120. The SMILES string of the molecule is CCCNC(CCCOC)C1(N2CCCC2)CCCC1. The number of likely N-dealkylation sites (tertiary alicyclic amines) is 1. The Labute approximate surface area is 125 Å². The van der Waals surface area contributed by atoms with Gasteiger partial charge in [0.1, 0.15) is 0 Å². The van der Waals surface area contributed by atoms with Gasteiger partial charge in [0.15, 0.2) is 0 Å². The lowest BCUT2D eigenvalue weighted by atomic mass is 9.83. The summed E-state index contributed by atoms with van der Waals surface area (Å²) in [5, 5.41) is 3.89. The molecule has 1 saturated heterocycles. The second kappa shape index (κ2) is 8.35. The summed E-state index contributed by atoms with van der Waals surface area (Å²) in [6.45, 7) is 6.99. The molecular weight excluding hydrogens is 248 g/mol. The molecule has 2 aliphatic rings. The summed E-state index contributed by atoms with van der Waals surface area (Å²) in [6, 6.07) is 0.665. The van der Waals surface area contributed by atoms with Crippen molar-refractivity contribution in [3.8, 4) is 0 Å². The average molecular weight is 282 g/mol. The summed E-state index contributed by atoms with van der Waals surface area (Å²) in [5.41, 5.74) is 0.458. The normalized spacial score (nSPS) is 24.3. The third-order valence-electron chi connectivity index (χ3n) is 5.34. The van der Waals surface area contributed by atoms with E-state index >= 15 is 0 Å². The molecule has 118 valence electrons. The highest BCUT2D eigenvalue weighted by molar-refractivity contribution is 5.04. The first-order valence-corrected chi connectivity index (χ1v) is 8.81. The molecule has 0 spiro atoms. The van der Waals surface area contributed by atoms with Gasteiger partial charge in [0.05, 0.1) is 0 Å². The van der Waals surface area contributed by atoms with Gasteiger partial charge in [-0.2, -0.15) is 0 Å². The summed E-state index contributed by atoms with van der Waals surface area (Å²) < 4.78 is 5.28. The molecule has 1 atom stereocenters. The summed E-state index contributed by atoms with van der Waals surface area (Å²) in [5.74, 6) is 0. The summed E-state index contributed by atoms with van der Waals surface area (Å²) in [6.07, 6.45) is 12.1. The van der Waals surface area contributed by atoms with E-state index in [4.69, 9.17) is 4.74 Å². The van der Waals surface area contributed by atoms with Crippen LogP contribution in [0.3, 0.4) is 0 Å². The zero-order valence-electron chi connectivity index (χ0n) is 13.6. The first-order valence-electron chi connectivity index (χ1n) is 8.81. The zero-order chi connectivity index (χ0) is 14.3. The van der Waals surface area contributed by atoms with Crippen LogP contribution >= 0.6 is 0 Å². The summed E-state index contributed by atoms with van der Waals surface area (Å²) in [4.78, 5) is 2.83. The van der Waals surface area contributed by atoms with Crippen LogP contribution in [0, 0.1) is 0 Å². The van der Waals surface area contributed by atoms with Gasteiger partial charge in [0.2, 0.25) is 0 Å². The molecule has 0 amide bonds. The molecule has 0 aromatic rings. The molecule has 0 aromatic heterocycles. The minimum absolute atomic E-state index is 0.458. The minimum Gasteiger partial charge on any atom is -0.385 e. The summed E-state index contributed by atoms with van der Waals surface area (Å²) >= 11 is 0. The van der Waals surface area contributed by atoms with Gasteiger partial charge < -0.3 is 10.1 Å². The molecule has 0 bridgehead atoms. The van der Waals surface area contributed by atoms with Crippen molar-refractivity contribution in [2.45, 2.75) is 76.3 Å². The zero-order valence-corrected chi connectivity index (χ0v) is 13.6. The standard InChI is InChI=1S/C17H34N2O/c1-3-12-18-16(9-8-15-20-2)17(10-4-5-11-17)19-13-6-7-14-19/h16,18H,3-15H2,1-2H3. The lowest BCUT2D eigenvalue weighted by Crippen LogP contribution is -2.59. The number of rotatable bonds is 9. The van der Waals surface area contributed by atoms with E-state index in [-0.39, 0.29) is 0 Å². The molecule has 3 nitrogen and oxygen atoms in total. The molecule has 1 unspecified atom stereocenters. The predicted octanol–water partition coefficient (Wildman–Crippen LogP) is 3.19. The molecule has 1 aliphatic heterocycles. The topological polar surface area (TPSA) is 24.5 Å². The highest BCUT2D eigenvalue weighted by Crippen LogP contribution is 2.41. The molecule has 20 heavy (non-hydrogen) atoms. The molecular formula is C17H34N2O. The Morgan fingerprint density at radius 2 is 1.85 bits per heavy atom. The Bertz CT molecular complexity index is 258. The second-order valence-corrected chi connectivity index (χ2v) is 6.65. The largest absolute Gasteiger partial charge is 0.385 e. The van der Waals surface area contributed by atoms with E-state index in [1.807, 2.05) is 7.11 Å². The Kier molecular flexibility index (Phi) is 6.79. The third-order valence-corrected chi connectivity index (χ3v) is 5.34. The number of nitrogens with zero attached hydrogens (tertiary/aromatic N) is 1. The molecule has 2 fully saturated rings. The van der Waals surface area contributed by atoms with E-state index in [0.717, 1.165) is 13.2 Å². The van der Waals surface area contributed by atoms with Crippen molar-refractivity contribution in [2.75, 3.05) is 33.4 Å². The van der Waals surface area contributed by atoms with Crippen LogP contribution in [0.5, 0.6) is 0 Å². The molecule has 1 N–H and O–H groups in total. The van der Waals surface area contributed by atoms with Crippen LogP contribution in [0.4, 0.5) is 0 Å². The maximum atomic E-state index is 5.28. The van der Waals surface area contributed by atoms with Gasteiger partial charge in [0, 0.05) is 25.3 Å². The number of ether oxygens (including phenoxy) is 1. The fourth-order valence-corrected chi connectivity index (χ4v) is 4.35. The number of hydrogen-bond acceptors (Lipinski definition) is 3. The minimum atomic E-state index is 0.458. The number of nitrogens with one attached hydrogen (secondary N) is 1. The van der Waals surface area contributed by atoms with E-state index in [1.165, 1.54) is 70.9 Å². The number of hydrogen-bond donors (Lipinski definition) is 1. The Balaban J connectivity index is 2.03. The van der Waals surface area contributed by atoms with Crippen molar-refractivity contribution in [3.63, 3.8) is 0 Å². The molecule has 0 aromatic carbocycles. The van der Waals surface area contributed by atoms with Crippen molar-refractivity contribution >= 4 is 0 Å². The van der Waals surface area contributed by atoms with E-state index in [9.17, 15) is 0 Å². The van der Waals surface area contributed by atoms with Crippen LogP contribution in [0.15, 0.2) is 0 Å². The monoisotopic (exact) mass is 282 g/mol. The van der Waals surface area contributed by atoms with Crippen LogP contribution < -0.4 is 5.32 Å². The van der Waals surface area contributed by atoms with Crippen molar-refractivity contribution in [3.05, 3.63) is 0 Å². The van der Waals surface area contributed by atoms with Crippen molar-refractivity contribution < 1.29 is 4.74 Å². The third kappa shape index (κ3) is 3.75. The van der Waals surface area contributed by atoms with Gasteiger partial charge in [-0.1, -0.05) is 19.8 Å². The van der Waals surface area contributed by atoms with Crippen LogP contribution in [0.25, 0.3) is 0 Å². The maximum Gasteiger partial charge on any atom is 0.0462 e. The van der Waals surface area contributed by atoms with E-state index in [2.05, 4.69) is 17.1 Å². The van der Waals surface area contributed by atoms with Gasteiger partial charge in [0.25, 0.3) is 0 Å². The van der Waals surface area contributed by atoms with Gasteiger partial charge in [-0.3, -0.25) is 4.90 Å². The highest BCUT2D eigenvalue weighted by atomic mass is 16.5. The van der Waals surface area contributed by atoms with Crippen LogP contribution in [-0.2, 0) is 4.74 Å². The molecule has 2 rings (SSSR count). The Morgan fingerprint density at radius 1 is 1.15 bits per heavy atom. The second-order valence-electron chi connectivity index (χ2n) is 6.65. The first-order chi connectivity index (χ1) is 9.83. The lowest BCUT2D eigenvalue weighted by molar-refractivity contribution is 0.0678. The van der Waals surface area contributed by atoms with Crippen molar-refractivity contribution in [1.29, 1.82) is 0 Å². The molecule has 1 saturated carbocycles. The van der Waals surface area contributed by atoms with E-state index in [0.29, 0.717) is 11.6 Å². The van der Waals surface area contributed by atoms with Crippen molar-refractivity contribution in [1.82, 2.24) is 10.2 Å². The predicted molar refractivity (Wildman–Crippen MR) is 85.2 cm³/mol. The first kappa shape index (κ1) is 16.3. The highest BCUT2D eigenvalue weighted by Gasteiger charge is 2.45. The van der Waals surface area contributed by atoms with Crippen LogP contribution in [0.2, 0.25) is 0 Å². The quantitative estimate of drug-likeness (QED) is 0.657. The molecule has 1 aliphatic carbocycles. The van der Waals surface area contributed by atoms with Gasteiger partial charge in [-0.15, -0.1) is 0 Å². The lowest BCUT2D eigenvalue weighted by Gasteiger charge is -2.46. The number of methoxy groups -OCH3 is 1. The smallest absolute Gasteiger partial charge is 0.0462 e. The average Bonchev–Trinajstić information content (AvgIpc) is 3.13. The fraction of sp³-hybridized carbons (Fsp3) is 1.00. The van der Waals surface area contributed by atoms with Crippen molar-refractivity contribution in [2.24, 2.45) is 0 Å². The van der Waals surface area contributed by atoms with E-state index in [1.54, 1.807) is 0 Å². The van der Waals surface area contributed by atoms with Gasteiger partial charge in [-0.25, -0.2) is 0 Å². The van der Waals surface area contributed by atoms with Crippen LogP contribution in [0.1, 0.15) is 64.7 Å². The molecule has 0 radical (unpaired) electrons. The van der Waals surface area contributed by atoms with Crippen LogP contribution in [-0.4, -0.2) is 49.8 Å². The molecule has 1 heterocycles. The fourth-order valence-electron chi connectivity index (χ4n) is 4.35. The van der Waals surface area contributed by atoms with Gasteiger partial charge in [-0.05, 0) is 64.6 Å². The van der Waals surface area contributed by atoms with Gasteiger partial charge >= 0.3 is 0 Å². The molecule has 3 heteroatoms.